The molecule has 0 saturated carbocycles. The smallest absolute Gasteiger partial charge is 0.0714 e. The maximum absolute atomic E-state index is 2.45. The minimum Gasteiger partial charge on any atom is -0.310 e. The third-order valence-electron chi connectivity index (χ3n) is 15.5. The lowest BCUT2D eigenvalue weighted by Crippen LogP contribution is -2.28. The molecule has 1 aliphatic rings. The molecule has 0 atom stereocenters. The van der Waals surface area contributed by atoms with E-state index in [-0.39, 0.29) is 0 Å². The second-order valence-corrected chi connectivity index (χ2v) is 19.6. The lowest BCUT2D eigenvalue weighted by atomic mass is 9.67. The molecule has 2 heteroatoms. The Balaban J connectivity index is 0.849. The largest absolute Gasteiger partial charge is 0.310 e. The van der Waals surface area contributed by atoms with Crippen molar-refractivity contribution in [1.29, 1.82) is 0 Å². The van der Waals surface area contributed by atoms with Crippen LogP contribution in [0.2, 0.25) is 0 Å². The van der Waals surface area contributed by atoms with E-state index in [1.54, 1.807) is 0 Å². The standard InChI is InChI=1S/C73H50N2/c1-5-18-51(19-6-1)53-32-39-61(40-33-53)74(64-45-46-66-65-28-13-15-30-69(65)73(70(66)50-64,59-24-9-3-10-25-59)60-26-11-4-12-27-60)62-41-36-55(37-42-62)56-22-17-23-57(48-56)58-38-47-72-68(49-58)67-29-14-16-31-71(67)75(72)63-43-34-54(35-44-63)52-20-7-2-8-21-52/h1-50H. The highest BCUT2D eigenvalue weighted by Crippen LogP contribution is 2.57. The zero-order chi connectivity index (χ0) is 49.7. The second kappa shape index (κ2) is 18.4. The molecule has 0 bridgehead atoms. The number of rotatable bonds is 10. The molecule has 352 valence electrons. The minimum atomic E-state index is -0.515. The molecule has 14 rings (SSSR count). The third kappa shape index (κ3) is 7.49. The van der Waals surface area contributed by atoms with Crippen LogP contribution in [0.4, 0.5) is 17.1 Å². The van der Waals surface area contributed by atoms with Gasteiger partial charge in [-0.2, -0.15) is 0 Å². The zero-order valence-corrected chi connectivity index (χ0v) is 41.3. The molecule has 0 aliphatic heterocycles. The van der Waals surface area contributed by atoms with Crippen molar-refractivity contribution in [3.8, 4) is 61.3 Å². The average Bonchev–Trinajstić information content (AvgIpc) is 3.99. The Hall–Kier alpha value is -9.76. The van der Waals surface area contributed by atoms with Crippen LogP contribution in [-0.4, -0.2) is 4.57 Å². The van der Waals surface area contributed by atoms with Gasteiger partial charge in [0.25, 0.3) is 0 Å². The van der Waals surface area contributed by atoms with Crippen molar-refractivity contribution in [2.75, 3.05) is 4.90 Å². The molecule has 0 unspecified atom stereocenters. The molecule has 0 amide bonds. The lowest BCUT2D eigenvalue weighted by Gasteiger charge is -2.35. The second-order valence-electron chi connectivity index (χ2n) is 19.6. The summed E-state index contributed by atoms with van der Waals surface area (Å²) in [6, 6.07) is 111. The van der Waals surface area contributed by atoms with Crippen LogP contribution in [0.15, 0.2) is 303 Å². The first-order chi connectivity index (χ1) is 37.2. The van der Waals surface area contributed by atoms with E-state index in [4.69, 9.17) is 0 Å². The molecular formula is C73H50N2. The van der Waals surface area contributed by atoms with E-state index in [1.165, 1.54) is 94.1 Å². The number of para-hydroxylation sites is 1. The average molecular weight is 955 g/mol. The molecule has 0 saturated heterocycles. The van der Waals surface area contributed by atoms with Gasteiger partial charge in [0.2, 0.25) is 0 Å². The fraction of sp³-hybridized carbons (Fsp3) is 0.0137. The Kier molecular flexibility index (Phi) is 10.8. The fourth-order valence-corrected chi connectivity index (χ4v) is 12.0. The van der Waals surface area contributed by atoms with Crippen molar-refractivity contribution in [1.82, 2.24) is 4.57 Å². The van der Waals surface area contributed by atoms with E-state index < -0.39 is 5.41 Å². The predicted molar refractivity (Wildman–Crippen MR) is 315 cm³/mol. The van der Waals surface area contributed by atoms with Crippen molar-refractivity contribution >= 4 is 38.9 Å². The Morgan fingerprint density at radius 3 is 1.31 bits per heavy atom. The van der Waals surface area contributed by atoms with Crippen LogP contribution in [0.5, 0.6) is 0 Å². The monoisotopic (exact) mass is 954 g/mol. The van der Waals surface area contributed by atoms with Gasteiger partial charge in [-0.3, -0.25) is 0 Å². The lowest BCUT2D eigenvalue weighted by molar-refractivity contribution is 0.768. The van der Waals surface area contributed by atoms with Crippen molar-refractivity contribution < 1.29 is 0 Å². The molecule has 75 heavy (non-hydrogen) atoms. The van der Waals surface area contributed by atoms with E-state index in [0.717, 1.165) is 28.3 Å². The first kappa shape index (κ1) is 44.0. The van der Waals surface area contributed by atoms with E-state index in [2.05, 4.69) is 313 Å². The summed E-state index contributed by atoms with van der Waals surface area (Å²) in [6.45, 7) is 0. The first-order valence-corrected chi connectivity index (χ1v) is 25.9. The fourth-order valence-electron chi connectivity index (χ4n) is 12.0. The predicted octanol–water partition coefficient (Wildman–Crippen LogP) is 19.3. The number of benzene rings is 12. The Labute approximate surface area is 438 Å². The van der Waals surface area contributed by atoms with E-state index in [0.29, 0.717) is 0 Å². The van der Waals surface area contributed by atoms with Gasteiger partial charge >= 0.3 is 0 Å². The van der Waals surface area contributed by atoms with Crippen molar-refractivity contribution in [2.24, 2.45) is 0 Å². The van der Waals surface area contributed by atoms with E-state index >= 15 is 0 Å². The summed E-state index contributed by atoms with van der Waals surface area (Å²) in [5.41, 5.74) is 23.4. The number of aromatic nitrogens is 1. The van der Waals surface area contributed by atoms with Gasteiger partial charge in [0.05, 0.1) is 16.4 Å². The van der Waals surface area contributed by atoms with Gasteiger partial charge in [-0.05, 0) is 151 Å². The molecule has 2 nitrogen and oxygen atoms in total. The van der Waals surface area contributed by atoms with E-state index in [1.807, 2.05) is 0 Å². The van der Waals surface area contributed by atoms with Crippen LogP contribution < -0.4 is 4.90 Å². The highest BCUT2D eigenvalue weighted by atomic mass is 15.1. The molecule has 12 aromatic carbocycles. The molecule has 13 aromatic rings. The van der Waals surface area contributed by atoms with Crippen molar-refractivity contribution in [2.45, 2.75) is 5.41 Å². The van der Waals surface area contributed by atoms with Crippen LogP contribution in [0.3, 0.4) is 0 Å². The molecule has 1 heterocycles. The maximum Gasteiger partial charge on any atom is 0.0714 e. The summed E-state index contributed by atoms with van der Waals surface area (Å²) < 4.78 is 2.40. The van der Waals surface area contributed by atoms with Crippen molar-refractivity contribution in [3.63, 3.8) is 0 Å². The van der Waals surface area contributed by atoms with Crippen LogP contribution in [0.1, 0.15) is 22.3 Å². The summed E-state index contributed by atoms with van der Waals surface area (Å²) in [5.74, 6) is 0. The number of nitrogens with zero attached hydrogens (tertiary/aromatic N) is 2. The summed E-state index contributed by atoms with van der Waals surface area (Å²) in [5, 5.41) is 2.48. The van der Waals surface area contributed by atoms with Gasteiger partial charge in [-0.25, -0.2) is 0 Å². The van der Waals surface area contributed by atoms with Gasteiger partial charge in [0, 0.05) is 33.5 Å². The molecule has 0 fully saturated rings. The minimum absolute atomic E-state index is 0.515. The van der Waals surface area contributed by atoms with Gasteiger partial charge < -0.3 is 9.47 Å². The molecule has 1 aromatic heterocycles. The maximum atomic E-state index is 2.45. The van der Waals surface area contributed by atoms with Gasteiger partial charge in [-0.15, -0.1) is 0 Å². The molecule has 0 N–H and O–H groups in total. The van der Waals surface area contributed by atoms with Crippen LogP contribution >= 0.6 is 0 Å². The SMILES string of the molecule is c1ccc(-c2ccc(N(c3ccc(-c4cccc(-c5ccc6c(c5)c5ccccc5n6-c5ccc(-c6ccccc6)cc5)c4)cc3)c3ccc4c(c3)C(c3ccccc3)(c3ccccc3)c3ccccc3-4)cc2)cc1. The Bertz CT molecular complexity index is 4140. The molecule has 0 radical (unpaired) electrons. The number of hydrogen-bond acceptors (Lipinski definition) is 1. The zero-order valence-electron chi connectivity index (χ0n) is 41.3. The van der Waals surface area contributed by atoms with E-state index in [9.17, 15) is 0 Å². The van der Waals surface area contributed by atoms with Crippen LogP contribution in [-0.2, 0) is 5.41 Å². The summed E-state index contributed by atoms with van der Waals surface area (Å²) in [6.07, 6.45) is 0. The summed E-state index contributed by atoms with van der Waals surface area (Å²) in [7, 11) is 0. The summed E-state index contributed by atoms with van der Waals surface area (Å²) >= 11 is 0. The highest BCUT2D eigenvalue weighted by molar-refractivity contribution is 6.10. The Morgan fingerprint density at radius 1 is 0.253 bits per heavy atom. The first-order valence-electron chi connectivity index (χ1n) is 25.9. The third-order valence-corrected chi connectivity index (χ3v) is 15.5. The van der Waals surface area contributed by atoms with Crippen LogP contribution in [0, 0.1) is 0 Å². The van der Waals surface area contributed by atoms with Gasteiger partial charge in [0.15, 0.2) is 0 Å². The van der Waals surface area contributed by atoms with Crippen molar-refractivity contribution in [3.05, 3.63) is 326 Å². The highest BCUT2D eigenvalue weighted by Gasteiger charge is 2.46. The number of fused-ring (bicyclic) bond motifs is 6. The topological polar surface area (TPSA) is 8.17 Å². The molecular weight excluding hydrogens is 905 g/mol. The molecule has 1 aliphatic carbocycles. The van der Waals surface area contributed by atoms with Gasteiger partial charge in [0.1, 0.15) is 0 Å². The van der Waals surface area contributed by atoms with Crippen LogP contribution in [0.25, 0.3) is 83.1 Å². The normalized spacial score (nSPS) is 12.4. The molecule has 0 spiro atoms. The number of hydrogen-bond donors (Lipinski definition) is 0. The summed E-state index contributed by atoms with van der Waals surface area (Å²) in [4.78, 5) is 2.42. The quantitative estimate of drug-likeness (QED) is 0.133. The van der Waals surface area contributed by atoms with Gasteiger partial charge in [-0.1, -0.05) is 231 Å². The Morgan fingerprint density at radius 2 is 0.680 bits per heavy atom. The number of anilines is 3.